The molecular formula is C16H24N2O2. The Labute approximate surface area is 120 Å². The van der Waals surface area contributed by atoms with Crippen LogP contribution in [-0.2, 0) is 11.3 Å². The topological polar surface area (TPSA) is 64.3 Å². The van der Waals surface area contributed by atoms with E-state index in [1.165, 1.54) is 0 Å². The largest absolute Gasteiger partial charge is 0.446 e. The molecule has 4 nitrogen and oxygen atoms in total. The minimum absolute atomic E-state index is 0.0458. The first-order valence-corrected chi connectivity index (χ1v) is 7.35. The summed E-state index contributed by atoms with van der Waals surface area (Å²) in [5, 5.41) is 2.76. The third-order valence-electron chi connectivity index (χ3n) is 4.26. The molecule has 1 aliphatic rings. The average molecular weight is 276 g/mol. The Morgan fingerprint density at radius 2 is 1.95 bits per heavy atom. The van der Waals surface area contributed by atoms with Gasteiger partial charge in [0.1, 0.15) is 6.10 Å². The Balaban J connectivity index is 1.82. The van der Waals surface area contributed by atoms with Crippen LogP contribution in [0.25, 0.3) is 0 Å². The molecule has 0 radical (unpaired) electrons. The smallest absolute Gasteiger partial charge is 0.411 e. The molecule has 0 saturated heterocycles. The van der Waals surface area contributed by atoms with Crippen LogP contribution in [-0.4, -0.2) is 12.2 Å². The van der Waals surface area contributed by atoms with Crippen molar-refractivity contribution in [2.75, 3.05) is 5.32 Å². The monoisotopic (exact) mass is 276 g/mol. The van der Waals surface area contributed by atoms with Gasteiger partial charge in [0.25, 0.3) is 0 Å². The Bertz CT molecular complexity index is 444. The zero-order valence-electron chi connectivity index (χ0n) is 12.3. The predicted octanol–water partition coefficient (Wildman–Crippen LogP) is 3.52. The van der Waals surface area contributed by atoms with E-state index in [0.29, 0.717) is 12.5 Å². The molecular weight excluding hydrogens is 252 g/mol. The van der Waals surface area contributed by atoms with Crippen molar-refractivity contribution >= 4 is 11.8 Å². The van der Waals surface area contributed by atoms with Gasteiger partial charge in [-0.15, -0.1) is 0 Å². The highest BCUT2D eigenvalue weighted by atomic mass is 16.6. The number of benzene rings is 1. The van der Waals surface area contributed by atoms with Crippen molar-refractivity contribution in [3.05, 3.63) is 29.8 Å². The number of nitrogens with two attached hydrogens (primary N) is 1. The molecule has 1 aromatic carbocycles. The molecule has 0 aliphatic heterocycles. The van der Waals surface area contributed by atoms with Gasteiger partial charge in [-0.3, -0.25) is 5.32 Å². The molecule has 110 valence electrons. The molecule has 3 N–H and O–H groups in total. The molecule has 0 heterocycles. The fourth-order valence-electron chi connectivity index (χ4n) is 2.63. The standard InChI is InChI=1S/C16H24N2O2/c1-11-3-8-15(9-12(11)2)20-16(19)18-14-6-4-13(10-17)5-7-14/h4-7,11-12,15H,3,8-10,17H2,1-2H3,(H,18,19). The number of ether oxygens (including phenoxy) is 1. The highest BCUT2D eigenvalue weighted by Crippen LogP contribution is 2.31. The lowest BCUT2D eigenvalue weighted by Gasteiger charge is -2.31. The van der Waals surface area contributed by atoms with Gasteiger partial charge in [-0.2, -0.15) is 0 Å². The van der Waals surface area contributed by atoms with Crippen molar-refractivity contribution in [2.24, 2.45) is 17.6 Å². The van der Waals surface area contributed by atoms with E-state index in [4.69, 9.17) is 10.5 Å². The SMILES string of the molecule is CC1CCC(OC(=O)Nc2ccc(CN)cc2)CC1C. The van der Waals surface area contributed by atoms with Crippen LogP contribution in [0.5, 0.6) is 0 Å². The minimum Gasteiger partial charge on any atom is -0.446 e. The van der Waals surface area contributed by atoms with E-state index in [2.05, 4.69) is 19.2 Å². The summed E-state index contributed by atoms with van der Waals surface area (Å²) in [4.78, 5) is 11.9. The van der Waals surface area contributed by atoms with E-state index in [9.17, 15) is 4.79 Å². The lowest BCUT2D eigenvalue weighted by atomic mass is 9.80. The fourth-order valence-corrected chi connectivity index (χ4v) is 2.63. The number of rotatable bonds is 3. The van der Waals surface area contributed by atoms with Gasteiger partial charge in [0.05, 0.1) is 0 Å². The van der Waals surface area contributed by atoms with Gasteiger partial charge in [0, 0.05) is 12.2 Å². The van der Waals surface area contributed by atoms with Crippen LogP contribution < -0.4 is 11.1 Å². The average Bonchev–Trinajstić information content (AvgIpc) is 2.44. The van der Waals surface area contributed by atoms with Gasteiger partial charge in [0.15, 0.2) is 0 Å². The molecule has 1 aromatic rings. The second kappa shape index (κ2) is 6.75. The summed E-state index contributed by atoms with van der Waals surface area (Å²) in [5.74, 6) is 1.34. The van der Waals surface area contributed by atoms with Gasteiger partial charge in [-0.05, 0) is 48.8 Å². The van der Waals surface area contributed by atoms with Crippen molar-refractivity contribution in [1.82, 2.24) is 0 Å². The maximum Gasteiger partial charge on any atom is 0.411 e. The van der Waals surface area contributed by atoms with Crippen LogP contribution in [0.4, 0.5) is 10.5 Å². The van der Waals surface area contributed by atoms with E-state index >= 15 is 0 Å². The van der Waals surface area contributed by atoms with Gasteiger partial charge in [-0.25, -0.2) is 4.79 Å². The normalized spacial score (nSPS) is 26.1. The molecule has 0 aromatic heterocycles. The van der Waals surface area contributed by atoms with Crippen LogP contribution in [0.3, 0.4) is 0 Å². The second-order valence-electron chi connectivity index (χ2n) is 5.82. The first kappa shape index (κ1) is 14.9. The molecule has 1 amide bonds. The third kappa shape index (κ3) is 3.97. The Morgan fingerprint density at radius 1 is 1.25 bits per heavy atom. The summed E-state index contributed by atoms with van der Waals surface area (Å²) in [6, 6.07) is 7.49. The lowest BCUT2D eigenvalue weighted by Crippen LogP contribution is -2.30. The summed E-state index contributed by atoms with van der Waals surface area (Å²) in [6.45, 7) is 4.99. The quantitative estimate of drug-likeness (QED) is 0.887. The third-order valence-corrected chi connectivity index (χ3v) is 4.26. The number of hydrogen-bond donors (Lipinski definition) is 2. The number of carbonyl (C=O) groups is 1. The molecule has 4 heteroatoms. The van der Waals surface area contributed by atoms with Crippen LogP contribution in [0.1, 0.15) is 38.7 Å². The van der Waals surface area contributed by atoms with E-state index in [1.54, 1.807) is 0 Å². The van der Waals surface area contributed by atoms with E-state index in [-0.39, 0.29) is 12.2 Å². The van der Waals surface area contributed by atoms with Gasteiger partial charge < -0.3 is 10.5 Å². The van der Waals surface area contributed by atoms with Gasteiger partial charge >= 0.3 is 6.09 Å². The first-order valence-electron chi connectivity index (χ1n) is 7.35. The maximum absolute atomic E-state index is 11.9. The predicted molar refractivity (Wildman–Crippen MR) is 80.4 cm³/mol. The number of amides is 1. The Hall–Kier alpha value is -1.55. The number of carbonyl (C=O) groups excluding carboxylic acids is 1. The van der Waals surface area contributed by atoms with Crippen molar-refractivity contribution < 1.29 is 9.53 Å². The lowest BCUT2D eigenvalue weighted by molar-refractivity contribution is 0.0560. The van der Waals surface area contributed by atoms with Crippen LogP contribution in [0.15, 0.2) is 24.3 Å². The molecule has 0 spiro atoms. The highest BCUT2D eigenvalue weighted by molar-refractivity contribution is 5.84. The van der Waals surface area contributed by atoms with Crippen LogP contribution >= 0.6 is 0 Å². The van der Waals surface area contributed by atoms with Gasteiger partial charge in [0.2, 0.25) is 0 Å². The van der Waals surface area contributed by atoms with E-state index in [1.807, 2.05) is 24.3 Å². The van der Waals surface area contributed by atoms with E-state index in [0.717, 1.165) is 36.4 Å². The molecule has 1 saturated carbocycles. The Kier molecular flexibility index (Phi) is 5.01. The van der Waals surface area contributed by atoms with Crippen molar-refractivity contribution in [3.63, 3.8) is 0 Å². The zero-order valence-corrected chi connectivity index (χ0v) is 12.3. The molecule has 1 fully saturated rings. The molecule has 3 unspecified atom stereocenters. The Morgan fingerprint density at radius 3 is 2.55 bits per heavy atom. The maximum atomic E-state index is 11.9. The second-order valence-corrected chi connectivity index (χ2v) is 5.82. The highest BCUT2D eigenvalue weighted by Gasteiger charge is 2.26. The van der Waals surface area contributed by atoms with Crippen LogP contribution in [0, 0.1) is 11.8 Å². The fraction of sp³-hybridized carbons (Fsp3) is 0.562. The number of anilines is 1. The zero-order chi connectivity index (χ0) is 14.5. The summed E-state index contributed by atoms with van der Waals surface area (Å²) < 4.78 is 5.50. The summed E-state index contributed by atoms with van der Waals surface area (Å²) in [7, 11) is 0. The number of nitrogens with one attached hydrogen (secondary N) is 1. The molecule has 0 bridgehead atoms. The number of hydrogen-bond acceptors (Lipinski definition) is 3. The van der Waals surface area contributed by atoms with Crippen LogP contribution in [0.2, 0.25) is 0 Å². The summed E-state index contributed by atoms with van der Waals surface area (Å²) in [6.07, 6.45) is 2.73. The summed E-state index contributed by atoms with van der Waals surface area (Å²) >= 11 is 0. The molecule has 3 atom stereocenters. The van der Waals surface area contributed by atoms with Crippen molar-refractivity contribution in [3.8, 4) is 0 Å². The molecule has 20 heavy (non-hydrogen) atoms. The minimum atomic E-state index is -0.364. The first-order chi connectivity index (χ1) is 9.58. The van der Waals surface area contributed by atoms with E-state index < -0.39 is 0 Å². The van der Waals surface area contributed by atoms with Crippen molar-refractivity contribution in [2.45, 2.75) is 45.8 Å². The molecule has 2 rings (SSSR count). The molecule has 1 aliphatic carbocycles. The summed E-state index contributed by atoms with van der Waals surface area (Å²) in [5.41, 5.74) is 7.32. The van der Waals surface area contributed by atoms with Gasteiger partial charge in [-0.1, -0.05) is 26.0 Å². The van der Waals surface area contributed by atoms with Crippen molar-refractivity contribution in [1.29, 1.82) is 0 Å².